The lowest BCUT2D eigenvalue weighted by atomic mass is 10.3. The maximum absolute atomic E-state index is 11.4. The van der Waals surface area contributed by atoms with Crippen molar-refractivity contribution in [3.63, 3.8) is 0 Å². The van der Waals surface area contributed by atoms with E-state index in [1.807, 2.05) is 6.92 Å². The molecule has 1 aromatic carbocycles. The highest BCUT2D eigenvalue weighted by Gasteiger charge is 2.06. The largest absolute Gasteiger partial charge is 0.480 e. The molecule has 100 valence electrons. The van der Waals surface area contributed by atoms with Gasteiger partial charge in [-0.15, -0.1) is 0 Å². The first kappa shape index (κ1) is 12.9. The summed E-state index contributed by atoms with van der Waals surface area (Å²) in [6.07, 6.45) is 0.802. The van der Waals surface area contributed by atoms with Crippen LogP contribution in [0.2, 0.25) is 0 Å². The lowest BCUT2D eigenvalue weighted by molar-refractivity contribution is -0.135. The number of fused-ring (bicyclic) bond motifs is 1. The van der Waals surface area contributed by atoms with Crippen LogP contribution in [-0.2, 0) is 11.2 Å². The lowest BCUT2D eigenvalue weighted by Crippen LogP contribution is -2.33. The second-order valence-electron chi connectivity index (χ2n) is 3.97. The first-order chi connectivity index (χ1) is 9.08. The minimum absolute atomic E-state index is 0.419. The molecule has 0 unspecified atom stereocenters. The van der Waals surface area contributed by atoms with Crippen LogP contribution in [0.5, 0.6) is 0 Å². The third-order valence-corrected chi connectivity index (χ3v) is 2.52. The van der Waals surface area contributed by atoms with Gasteiger partial charge < -0.3 is 20.7 Å². The van der Waals surface area contributed by atoms with Crippen LogP contribution < -0.4 is 10.6 Å². The second-order valence-corrected chi connectivity index (χ2v) is 3.97. The maximum Gasteiger partial charge on any atom is 0.323 e. The van der Waals surface area contributed by atoms with Gasteiger partial charge in [-0.05, 0) is 18.2 Å². The summed E-state index contributed by atoms with van der Waals surface area (Å²) in [5, 5.41) is 13.2. The third-order valence-electron chi connectivity index (χ3n) is 2.52. The van der Waals surface area contributed by atoms with Gasteiger partial charge >= 0.3 is 12.0 Å². The monoisotopic (exact) mass is 262 g/mol. The average Bonchev–Trinajstić information content (AvgIpc) is 2.78. The summed E-state index contributed by atoms with van der Waals surface area (Å²) in [5.74, 6) is -0.214. The van der Waals surface area contributed by atoms with Gasteiger partial charge in [0.15, 0.2) is 0 Å². The number of urea groups is 1. The molecular weight excluding hydrogens is 248 g/mol. The molecule has 2 aromatic rings. The molecule has 2 amide bonds. The van der Waals surface area contributed by atoms with E-state index in [-0.39, 0.29) is 0 Å². The fourth-order valence-corrected chi connectivity index (χ4v) is 1.64. The molecule has 1 aromatic heterocycles. The van der Waals surface area contributed by atoms with Crippen molar-refractivity contribution in [2.24, 2.45) is 0 Å². The van der Waals surface area contributed by atoms with Crippen molar-refractivity contribution in [2.75, 3.05) is 11.9 Å². The first-order valence-electron chi connectivity index (χ1n) is 5.83. The number of hydrogen-bond donors (Lipinski definition) is 4. The number of carboxylic acids is 1. The molecule has 19 heavy (non-hydrogen) atoms. The van der Waals surface area contributed by atoms with Crippen molar-refractivity contribution in [3.05, 3.63) is 24.0 Å². The number of aryl methyl sites for hydroxylation is 1. The number of amides is 2. The van der Waals surface area contributed by atoms with Crippen LogP contribution in [0.4, 0.5) is 10.5 Å². The number of H-pyrrole nitrogens is 1. The van der Waals surface area contributed by atoms with Gasteiger partial charge in [-0.1, -0.05) is 6.92 Å². The summed E-state index contributed by atoms with van der Waals surface area (Å²) in [6.45, 7) is 1.58. The van der Waals surface area contributed by atoms with Gasteiger partial charge in [-0.2, -0.15) is 0 Å². The van der Waals surface area contributed by atoms with Crippen LogP contribution in [0.3, 0.4) is 0 Å². The number of nitrogens with zero attached hydrogens (tertiary/aromatic N) is 1. The Bertz CT molecular complexity index is 620. The Hall–Kier alpha value is -2.57. The van der Waals surface area contributed by atoms with Crippen molar-refractivity contribution in [3.8, 4) is 0 Å². The van der Waals surface area contributed by atoms with Crippen LogP contribution in [0, 0.1) is 0 Å². The molecule has 0 aliphatic carbocycles. The van der Waals surface area contributed by atoms with Gasteiger partial charge in [0.2, 0.25) is 0 Å². The maximum atomic E-state index is 11.4. The number of carboxylic acid groups (broad SMARTS) is 1. The number of aliphatic carboxylic acids is 1. The molecule has 0 saturated carbocycles. The second kappa shape index (κ2) is 5.38. The molecule has 4 N–H and O–H groups in total. The molecule has 1 heterocycles. The molecule has 0 bridgehead atoms. The Balaban J connectivity index is 2.08. The highest BCUT2D eigenvalue weighted by Crippen LogP contribution is 2.17. The van der Waals surface area contributed by atoms with Gasteiger partial charge in [0.25, 0.3) is 0 Å². The van der Waals surface area contributed by atoms with E-state index in [4.69, 9.17) is 5.11 Å². The van der Waals surface area contributed by atoms with Gasteiger partial charge in [0, 0.05) is 12.1 Å². The Morgan fingerprint density at radius 1 is 1.42 bits per heavy atom. The fourth-order valence-electron chi connectivity index (χ4n) is 1.64. The van der Waals surface area contributed by atoms with Crippen molar-refractivity contribution < 1.29 is 14.7 Å². The predicted molar refractivity (Wildman–Crippen MR) is 70.1 cm³/mol. The van der Waals surface area contributed by atoms with Gasteiger partial charge in [0.1, 0.15) is 12.4 Å². The topological polar surface area (TPSA) is 107 Å². The highest BCUT2D eigenvalue weighted by atomic mass is 16.4. The van der Waals surface area contributed by atoms with Crippen molar-refractivity contribution in [1.82, 2.24) is 15.3 Å². The van der Waals surface area contributed by atoms with Gasteiger partial charge in [-0.3, -0.25) is 4.79 Å². The van der Waals surface area contributed by atoms with Crippen LogP contribution >= 0.6 is 0 Å². The summed E-state index contributed by atoms with van der Waals surface area (Å²) in [5.41, 5.74) is 2.22. The van der Waals surface area contributed by atoms with Crippen LogP contribution in [0.15, 0.2) is 18.2 Å². The SMILES string of the molecule is CCc1nc2ccc(NC(=O)NCC(=O)O)cc2[nH]1. The molecule has 7 heteroatoms. The molecule has 0 radical (unpaired) electrons. The zero-order chi connectivity index (χ0) is 13.8. The summed E-state index contributed by atoms with van der Waals surface area (Å²) in [4.78, 5) is 29.2. The van der Waals surface area contributed by atoms with Crippen molar-refractivity contribution in [2.45, 2.75) is 13.3 Å². The quantitative estimate of drug-likeness (QED) is 0.666. The van der Waals surface area contributed by atoms with E-state index >= 15 is 0 Å². The number of aromatic amines is 1. The standard InChI is InChI=1S/C12H14N4O3/c1-2-10-15-8-4-3-7(5-9(8)16-10)14-12(19)13-6-11(17)18/h3-5H,2,6H2,1H3,(H,15,16)(H,17,18)(H2,13,14,19). The summed E-state index contributed by atoms with van der Waals surface area (Å²) in [6, 6.07) is 4.69. The molecular formula is C12H14N4O3. The third kappa shape index (κ3) is 3.21. The Morgan fingerprint density at radius 3 is 2.89 bits per heavy atom. The van der Waals surface area contributed by atoms with Crippen molar-refractivity contribution in [1.29, 1.82) is 0 Å². The van der Waals surface area contributed by atoms with E-state index < -0.39 is 18.5 Å². The molecule has 0 atom stereocenters. The normalized spacial score (nSPS) is 10.4. The Kier molecular flexibility index (Phi) is 3.65. The smallest absolute Gasteiger partial charge is 0.323 e. The number of carbonyl (C=O) groups is 2. The zero-order valence-electron chi connectivity index (χ0n) is 10.4. The van der Waals surface area contributed by atoms with E-state index in [2.05, 4.69) is 20.6 Å². The number of hydrogen-bond acceptors (Lipinski definition) is 3. The number of anilines is 1. The van der Waals surface area contributed by atoms with Crippen LogP contribution in [-0.4, -0.2) is 33.6 Å². The Labute approximate surface area is 109 Å². The van der Waals surface area contributed by atoms with E-state index in [0.717, 1.165) is 23.3 Å². The molecule has 0 aliphatic heterocycles. The van der Waals surface area contributed by atoms with E-state index in [1.165, 1.54) is 0 Å². The molecule has 7 nitrogen and oxygen atoms in total. The number of carbonyl (C=O) groups excluding carboxylic acids is 1. The van der Waals surface area contributed by atoms with Crippen LogP contribution in [0.25, 0.3) is 11.0 Å². The number of aromatic nitrogens is 2. The molecule has 0 spiro atoms. The minimum Gasteiger partial charge on any atom is -0.480 e. The number of imidazole rings is 1. The number of nitrogens with one attached hydrogen (secondary N) is 3. The molecule has 0 saturated heterocycles. The fraction of sp³-hybridized carbons (Fsp3) is 0.250. The van der Waals surface area contributed by atoms with E-state index in [1.54, 1.807) is 18.2 Å². The summed E-state index contributed by atoms with van der Waals surface area (Å²) < 4.78 is 0. The summed E-state index contributed by atoms with van der Waals surface area (Å²) in [7, 11) is 0. The zero-order valence-corrected chi connectivity index (χ0v) is 10.4. The Morgan fingerprint density at radius 2 is 2.21 bits per heavy atom. The lowest BCUT2D eigenvalue weighted by Gasteiger charge is -2.05. The number of benzene rings is 1. The molecule has 0 fully saturated rings. The van der Waals surface area contributed by atoms with Crippen molar-refractivity contribution >= 4 is 28.7 Å². The van der Waals surface area contributed by atoms with Gasteiger partial charge in [-0.25, -0.2) is 9.78 Å². The van der Waals surface area contributed by atoms with E-state index in [9.17, 15) is 9.59 Å². The minimum atomic E-state index is -1.09. The molecule has 0 aliphatic rings. The highest BCUT2D eigenvalue weighted by molar-refractivity contribution is 5.93. The summed E-state index contributed by atoms with van der Waals surface area (Å²) >= 11 is 0. The van der Waals surface area contributed by atoms with Gasteiger partial charge in [0.05, 0.1) is 11.0 Å². The molecule has 2 rings (SSSR count). The van der Waals surface area contributed by atoms with E-state index in [0.29, 0.717) is 5.69 Å². The predicted octanol–water partition coefficient (Wildman–Crippen LogP) is 1.33. The number of rotatable bonds is 4. The average molecular weight is 262 g/mol. The first-order valence-corrected chi connectivity index (χ1v) is 5.83. The van der Waals surface area contributed by atoms with Crippen LogP contribution in [0.1, 0.15) is 12.7 Å².